The van der Waals surface area contributed by atoms with E-state index < -0.39 is 0 Å². The van der Waals surface area contributed by atoms with Crippen molar-refractivity contribution in [3.05, 3.63) is 199 Å². The Hall–Kier alpha value is -6.83. The van der Waals surface area contributed by atoms with Crippen LogP contribution in [0.25, 0.3) is 62.4 Å². The quantitative estimate of drug-likeness (QED) is 0.175. The second kappa shape index (κ2) is 16.9. The maximum Gasteiger partial charge on any atom is 0.238 e. The number of nitrogens with zero attached hydrogens (tertiary/aromatic N) is 7. The Morgan fingerprint density at radius 3 is 1.22 bits per heavy atom. The lowest BCUT2D eigenvalue weighted by molar-refractivity contribution is 0.912. The first-order chi connectivity index (χ1) is 27.2. The lowest BCUT2D eigenvalue weighted by Gasteiger charge is -2.09. The van der Waals surface area contributed by atoms with Crippen molar-refractivity contribution in [2.45, 2.75) is 19.3 Å². The Kier molecular flexibility index (Phi) is 10.8. The van der Waals surface area contributed by atoms with Crippen LogP contribution < -0.4 is 0 Å². The molecule has 0 radical (unpaired) electrons. The molecule has 266 valence electrons. The lowest BCUT2D eigenvalue weighted by atomic mass is 10.1. The molecule has 10 rings (SSSR count). The summed E-state index contributed by atoms with van der Waals surface area (Å²) in [7, 11) is 0. The van der Waals surface area contributed by atoms with Crippen LogP contribution in [0.1, 0.15) is 17.5 Å². The minimum absolute atomic E-state index is 0.202. The van der Waals surface area contributed by atoms with Gasteiger partial charge in [0.25, 0.3) is 0 Å². The van der Waals surface area contributed by atoms with Crippen LogP contribution >= 0.6 is 11.6 Å². The molecule has 1 aliphatic carbocycles. The Morgan fingerprint density at radius 1 is 0.382 bits per heavy atom. The van der Waals surface area contributed by atoms with Gasteiger partial charge in [-0.2, -0.15) is 19.9 Å². The number of para-hydroxylation sites is 1. The van der Waals surface area contributed by atoms with Crippen molar-refractivity contribution in [2.75, 3.05) is 0 Å². The van der Waals surface area contributed by atoms with Gasteiger partial charge < -0.3 is 0 Å². The summed E-state index contributed by atoms with van der Waals surface area (Å²) in [5, 5.41) is 1.35. The van der Waals surface area contributed by atoms with Gasteiger partial charge in [0.2, 0.25) is 11.2 Å². The van der Waals surface area contributed by atoms with E-state index in [2.05, 4.69) is 57.4 Å². The summed E-state index contributed by atoms with van der Waals surface area (Å²) in [6.45, 7) is 0. The minimum Gasteiger partial charge on any atom is -0.285 e. The van der Waals surface area contributed by atoms with Crippen molar-refractivity contribution >= 4 is 22.5 Å². The molecule has 0 aliphatic heterocycles. The highest BCUT2D eigenvalue weighted by atomic mass is 35.5. The van der Waals surface area contributed by atoms with Gasteiger partial charge in [-0.25, -0.2) is 9.97 Å². The van der Waals surface area contributed by atoms with Gasteiger partial charge in [-0.1, -0.05) is 164 Å². The molecule has 1 aliphatic rings. The fraction of sp³-hybridized carbons (Fsp3) is 0.0638. The standard InChI is InChI=1S/C23H16N4.C15H10ClN3.C9H10/c1-3-10-18(11-4-1)21-24-22(19-12-5-2-6-13-19)26-23(25-21)27-16-15-17-9-7-8-14-20(17)27;16-15-18-13(11-7-3-1-4-8-11)17-14(19-15)12-9-5-2-6-10-12;1-2-5-9-7-3-6-8(9)4-1/h1-16H;1-10H;1-2,4-5H,3,6-7H2. The predicted molar refractivity (Wildman–Crippen MR) is 222 cm³/mol. The van der Waals surface area contributed by atoms with E-state index in [1.807, 2.05) is 144 Å². The van der Waals surface area contributed by atoms with E-state index in [-0.39, 0.29) is 5.28 Å². The summed E-state index contributed by atoms with van der Waals surface area (Å²) < 4.78 is 2.01. The van der Waals surface area contributed by atoms with Crippen LogP contribution in [0, 0.1) is 0 Å². The number of hydrogen-bond acceptors (Lipinski definition) is 6. The zero-order chi connectivity index (χ0) is 37.2. The second-order valence-electron chi connectivity index (χ2n) is 12.9. The fourth-order valence-electron chi connectivity index (χ4n) is 6.46. The first-order valence-corrected chi connectivity index (χ1v) is 18.6. The van der Waals surface area contributed by atoms with E-state index in [1.54, 1.807) is 11.1 Å². The minimum atomic E-state index is 0.202. The van der Waals surface area contributed by atoms with Crippen LogP contribution in [0.15, 0.2) is 182 Å². The third-order valence-corrected chi connectivity index (χ3v) is 9.35. The molecule has 9 aromatic rings. The van der Waals surface area contributed by atoms with Crippen LogP contribution in [0.3, 0.4) is 0 Å². The largest absolute Gasteiger partial charge is 0.285 e. The first kappa shape index (κ1) is 35.2. The van der Waals surface area contributed by atoms with E-state index in [4.69, 9.17) is 26.6 Å². The third kappa shape index (κ3) is 8.54. The third-order valence-electron chi connectivity index (χ3n) is 9.19. The number of aryl methyl sites for hydroxylation is 2. The Balaban J connectivity index is 0.000000131. The highest BCUT2D eigenvalue weighted by molar-refractivity contribution is 6.28. The number of benzene rings is 6. The van der Waals surface area contributed by atoms with Crippen molar-refractivity contribution < 1.29 is 0 Å². The molecule has 0 amide bonds. The van der Waals surface area contributed by atoms with Crippen LogP contribution in [0.2, 0.25) is 5.28 Å². The molecule has 0 atom stereocenters. The number of halogens is 1. The average Bonchev–Trinajstić information content (AvgIpc) is 3.93. The van der Waals surface area contributed by atoms with Gasteiger partial charge in [-0.3, -0.25) is 4.57 Å². The molecular weight excluding hydrogens is 698 g/mol. The average molecular weight is 734 g/mol. The molecule has 8 heteroatoms. The summed E-state index contributed by atoms with van der Waals surface area (Å²) in [6, 6.07) is 58.5. The molecule has 3 heterocycles. The summed E-state index contributed by atoms with van der Waals surface area (Å²) >= 11 is 5.99. The zero-order valence-corrected chi connectivity index (χ0v) is 30.7. The molecule has 0 spiro atoms. The van der Waals surface area contributed by atoms with Gasteiger partial charge in [0.15, 0.2) is 23.3 Å². The molecule has 0 bridgehead atoms. The maximum atomic E-state index is 5.99. The van der Waals surface area contributed by atoms with E-state index >= 15 is 0 Å². The van der Waals surface area contributed by atoms with Crippen LogP contribution in [0.5, 0.6) is 0 Å². The van der Waals surface area contributed by atoms with Crippen LogP contribution in [0.4, 0.5) is 0 Å². The number of fused-ring (bicyclic) bond motifs is 2. The SMILES string of the molecule is Clc1nc(-c2ccccc2)nc(-c2ccccc2)n1.c1ccc(-c2nc(-c3ccccc3)nc(-n3ccc4ccccc43)n2)cc1.c1ccc2c(c1)CCC2. The van der Waals surface area contributed by atoms with Crippen molar-refractivity contribution in [1.82, 2.24) is 34.5 Å². The molecule has 3 aromatic heterocycles. The van der Waals surface area contributed by atoms with E-state index in [1.165, 1.54) is 19.3 Å². The summed E-state index contributed by atoms with van der Waals surface area (Å²) in [6.07, 6.45) is 5.97. The summed E-state index contributed by atoms with van der Waals surface area (Å²) in [5.74, 6) is 3.11. The van der Waals surface area contributed by atoms with E-state index in [0.717, 1.165) is 33.2 Å². The molecule has 0 saturated carbocycles. The highest BCUT2D eigenvalue weighted by Gasteiger charge is 2.13. The van der Waals surface area contributed by atoms with Gasteiger partial charge in [0.05, 0.1) is 5.52 Å². The number of rotatable bonds is 5. The zero-order valence-electron chi connectivity index (χ0n) is 30.0. The predicted octanol–water partition coefficient (Wildman–Crippen LogP) is 11.2. The molecule has 0 saturated heterocycles. The number of aromatic nitrogens is 7. The van der Waals surface area contributed by atoms with Gasteiger partial charge in [-0.05, 0) is 54.1 Å². The van der Waals surface area contributed by atoms with Crippen molar-refractivity contribution in [3.8, 4) is 51.5 Å². The topological polar surface area (TPSA) is 82.3 Å². The molecule has 0 fully saturated rings. The monoisotopic (exact) mass is 733 g/mol. The fourth-order valence-corrected chi connectivity index (χ4v) is 6.62. The number of hydrogen-bond donors (Lipinski definition) is 0. The Morgan fingerprint density at radius 2 is 0.764 bits per heavy atom. The summed E-state index contributed by atoms with van der Waals surface area (Å²) in [4.78, 5) is 27.1. The normalized spacial score (nSPS) is 11.5. The van der Waals surface area contributed by atoms with Crippen molar-refractivity contribution in [2.24, 2.45) is 0 Å². The van der Waals surface area contributed by atoms with Crippen LogP contribution in [-0.4, -0.2) is 34.5 Å². The molecular formula is C47H36ClN7. The molecule has 6 aromatic carbocycles. The lowest BCUT2D eigenvalue weighted by Crippen LogP contribution is -2.05. The van der Waals surface area contributed by atoms with Gasteiger partial charge >= 0.3 is 0 Å². The van der Waals surface area contributed by atoms with Crippen molar-refractivity contribution in [1.29, 1.82) is 0 Å². The van der Waals surface area contributed by atoms with Crippen LogP contribution in [-0.2, 0) is 12.8 Å². The summed E-state index contributed by atoms with van der Waals surface area (Å²) in [5.41, 5.74) is 7.98. The first-order valence-electron chi connectivity index (χ1n) is 18.2. The Labute approximate surface area is 325 Å². The second-order valence-corrected chi connectivity index (χ2v) is 13.2. The van der Waals surface area contributed by atoms with E-state index in [9.17, 15) is 0 Å². The van der Waals surface area contributed by atoms with E-state index in [0.29, 0.717) is 29.2 Å². The van der Waals surface area contributed by atoms with Gasteiger partial charge in [0, 0.05) is 33.8 Å². The maximum absolute atomic E-state index is 5.99. The highest BCUT2D eigenvalue weighted by Crippen LogP contribution is 2.25. The van der Waals surface area contributed by atoms with Gasteiger partial charge in [0.1, 0.15) is 0 Å². The molecule has 7 nitrogen and oxygen atoms in total. The Bertz CT molecular complexity index is 2490. The smallest absolute Gasteiger partial charge is 0.238 e. The molecule has 0 unspecified atom stereocenters. The molecule has 0 N–H and O–H groups in total. The van der Waals surface area contributed by atoms with Gasteiger partial charge in [-0.15, -0.1) is 0 Å². The molecule has 55 heavy (non-hydrogen) atoms. The van der Waals surface area contributed by atoms with Crippen molar-refractivity contribution in [3.63, 3.8) is 0 Å².